The second-order valence-electron chi connectivity index (χ2n) is 2.67. The van der Waals surface area contributed by atoms with E-state index in [2.05, 4.69) is 11.4 Å². The van der Waals surface area contributed by atoms with Crippen LogP contribution in [0.2, 0.25) is 5.02 Å². The van der Waals surface area contributed by atoms with Crippen LogP contribution < -0.4 is 0 Å². The van der Waals surface area contributed by atoms with Gasteiger partial charge < -0.3 is 0 Å². The van der Waals surface area contributed by atoms with E-state index in [0.717, 1.165) is 23.7 Å². The van der Waals surface area contributed by atoms with E-state index in [4.69, 9.17) is 11.6 Å². The molecule has 68 valence electrons. The van der Waals surface area contributed by atoms with Gasteiger partial charge in [0, 0.05) is 12.7 Å². The highest BCUT2D eigenvalue weighted by molar-refractivity contribution is 7.98. The summed E-state index contributed by atoms with van der Waals surface area (Å²) in [6, 6.07) is 0. The summed E-state index contributed by atoms with van der Waals surface area (Å²) < 4.78 is 1.91. The van der Waals surface area contributed by atoms with E-state index in [1.165, 1.54) is 5.75 Å². The molecule has 0 radical (unpaired) electrons. The van der Waals surface area contributed by atoms with Gasteiger partial charge in [0.05, 0.1) is 10.7 Å². The maximum atomic E-state index is 5.85. The van der Waals surface area contributed by atoms with E-state index in [1.807, 2.05) is 29.6 Å². The standard InChI is InChI=1S/C8H13ClN2S/c1-7-8(9)6-11(10-7)4-3-5-12-2/h6H,3-5H2,1-2H3. The average Bonchev–Trinajstić information content (AvgIpc) is 2.32. The molecule has 1 heterocycles. The van der Waals surface area contributed by atoms with Gasteiger partial charge in [-0.1, -0.05) is 11.6 Å². The second-order valence-corrected chi connectivity index (χ2v) is 4.06. The summed E-state index contributed by atoms with van der Waals surface area (Å²) in [5, 5.41) is 5.02. The van der Waals surface area contributed by atoms with Crippen molar-refractivity contribution in [1.82, 2.24) is 9.78 Å². The Balaban J connectivity index is 2.42. The van der Waals surface area contributed by atoms with Crippen LogP contribution in [0.4, 0.5) is 0 Å². The molecule has 2 nitrogen and oxygen atoms in total. The third kappa shape index (κ3) is 2.72. The zero-order valence-electron chi connectivity index (χ0n) is 7.38. The summed E-state index contributed by atoms with van der Waals surface area (Å²) in [6.45, 7) is 2.89. The lowest BCUT2D eigenvalue weighted by Crippen LogP contribution is -1.99. The molecule has 0 N–H and O–H groups in total. The highest BCUT2D eigenvalue weighted by atomic mass is 35.5. The molecule has 0 aliphatic rings. The Morgan fingerprint density at radius 1 is 1.67 bits per heavy atom. The minimum Gasteiger partial charge on any atom is -0.271 e. The molecule has 4 heteroatoms. The highest BCUT2D eigenvalue weighted by Gasteiger charge is 2.00. The Kier molecular flexibility index (Phi) is 3.95. The summed E-state index contributed by atoms with van der Waals surface area (Å²) in [6.07, 6.45) is 5.15. The predicted molar refractivity (Wildman–Crippen MR) is 55.0 cm³/mol. The molecule has 0 spiro atoms. The first-order chi connectivity index (χ1) is 5.74. The normalized spacial score (nSPS) is 10.6. The van der Waals surface area contributed by atoms with Crippen LogP contribution in [0.25, 0.3) is 0 Å². The van der Waals surface area contributed by atoms with Crippen LogP contribution >= 0.6 is 23.4 Å². The Morgan fingerprint density at radius 3 is 2.92 bits per heavy atom. The lowest BCUT2D eigenvalue weighted by atomic mass is 10.5. The van der Waals surface area contributed by atoms with Gasteiger partial charge in [0.1, 0.15) is 0 Å². The first kappa shape index (κ1) is 9.93. The van der Waals surface area contributed by atoms with Gasteiger partial charge in [0.15, 0.2) is 0 Å². The van der Waals surface area contributed by atoms with Crippen LogP contribution in [-0.2, 0) is 6.54 Å². The van der Waals surface area contributed by atoms with Gasteiger partial charge >= 0.3 is 0 Å². The lowest BCUT2D eigenvalue weighted by molar-refractivity contribution is 0.602. The Bertz CT molecular complexity index is 228. The van der Waals surface area contributed by atoms with Crippen LogP contribution in [-0.4, -0.2) is 21.8 Å². The molecule has 0 aromatic carbocycles. The Labute approximate surface area is 82.3 Å². The van der Waals surface area contributed by atoms with Crippen molar-refractivity contribution in [3.63, 3.8) is 0 Å². The number of hydrogen-bond donors (Lipinski definition) is 0. The van der Waals surface area contributed by atoms with Crippen molar-refractivity contribution >= 4 is 23.4 Å². The fraction of sp³-hybridized carbons (Fsp3) is 0.625. The van der Waals surface area contributed by atoms with Crippen LogP contribution in [0.1, 0.15) is 12.1 Å². The average molecular weight is 205 g/mol. The maximum absolute atomic E-state index is 5.85. The van der Waals surface area contributed by atoms with Crippen molar-refractivity contribution in [3.05, 3.63) is 16.9 Å². The zero-order valence-corrected chi connectivity index (χ0v) is 8.95. The van der Waals surface area contributed by atoms with Crippen LogP contribution in [0.5, 0.6) is 0 Å². The van der Waals surface area contributed by atoms with E-state index in [-0.39, 0.29) is 0 Å². The predicted octanol–water partition coefficient (Wildman–Crippen LogP) is 2.60. The van der Waals surface area contributed by atoms with Crippen molar-refractivity contribution in [3.8, 4) is 0 Å². The van der Waals surface area contributed by atoms with E-state index < -0.39 is 0 Å². The maximum Gasteiger partial charge on any atom is 0.0814 e. The van der Waals surface area contributed by atoms with Crippen LogP contribution in [0.15, 0.2) is 6.20 Å². The molecular formula is C8H13ClN2S. The zero-order chi connectivity index (χ0) is 8.97. The quantitative estimate of drug-likeness (QED) is 0.702. The van der Waals surface area contributed by atoms with Gasteiger partial charge in [0.2, 0.25) is 0 Å². The largest absolute Gasteiger partial charge is 0.271 e. The van der Waals surface area contributed by atoms with Gasteiger partial charge in [0.25, 0.3) is 0 Å². The minimum absolute atomic E-state index is 0.763. The van der Waals surface area contributed by atoms with Gasteiger partial charge in [-0.05, 0) is 25.4 Å². The molecule has 1 aromatic rings. The summed E-state index contributed by atoms with van der Waals surface area (Å²) >= 11 is 7.71. The topological polar surface area (TPSA) is 17.8 Å². The SMILES string of the molecule is CSCCCn1cc(Cl)c(C)n1. The molecular weight excluding hydrogens is 192 g/mol. The molecule has 1 rings (SSSR count). The van der Waals surface area contributed by atoms with E-state index >= 15 is 0 Å². The monoisotopic (exact) mass is 204 g/mol. The summed E-state index contributed by atoms with van der Waals surface area (Å²) in [5.74, 6) is 1.18. The molecule has 1 aromatic heterocycles. The number of rotatable bonds is 4. The van der Waals surface area contributed by atoms with E-state index in [9.17, 15) is 0 Å². The Morgan fingerprint density at radius 2 is 2.42 bits per heavy atom. The molecule has 0 saturated carbocycles. The molecule has 0 bridgehead atoms. The summed E-state index contributed by atoms with van der Waals surface area (Å²) in [7, 11) is 0. The molecule has 0 amide bonds. The number of nitrogens with zero attached hydrogens (tertiary/aromatic N) is 2. The van der Waals surface area contributed by atoms with Gasteiger partial charge in [-0.25, -0.2) is 0 Å². The van der Waals surface area contributed by atoms with Crippen molar-refractivity contribution in [2.45, 2.75) is 19.9 Å². The minimum atomic E-state index is 0.763. The summed E-state index contributed by atoms with van der Waals surface area (Å²) in [4.78, 5) is 0. The molecule has 0 atom stereocenters. The van der Waals surface area contributed by atoms with Crippen molar-refractivity contribution in [2.24, 2.45) is 0 Å². The van der Waals surface area contributed by atoms with E-state index in [0.29, 0.717) is 0 Å². The van der Waals surface area contributed by atoms with Crippen molar-refractivity contribution < 1.29 is 0 Å². The first-order valence-electron chi connectivity index (χ1n) is 3.92. The third-order valence-electron chi connectivity index (χ3n) is 1.62. The smallest absolute Gasteiger partial charge is 0.0814 e. The number of hydrogen-bond acceptors (Lipinski definition) is 2. The van der Waals surface area contributed by atoms with Crippen molar-refractivity contribution in [1.29, 1.82) is 0 Å². The number of aromatic nitrogens is 2. The first-order valence-corrected chi connectivity index (χ1v) is 5.69. The van der Waals surface area contributed by atoms with Gasteiger partial charge in [-0.15, -0.1) is 0 Å². The molecule has 0 aliphatic carbocycles. The lowest BCUT2D eigenvalue weighted by Gasteiger charge is -1.98. The molecule has 0 saturated heterocycles. The van der Waals surface area contributed by atoms with E-state index in [1.54, 1.807) is 0 Å². The number of halogens is 1. The number of aryl methyl sites for hydroxylation is 2. The molecule has 0 fully saturated rings. The molecule has 12 heavy (non-hydrogen) atoms. The van der Waals surface area contributed by atoms with Crippen LogP contribution in [0.3, 0.4) is 0 Å². The van der Waals surface area contributed by atoms with Crippen molar-refractivity contribution in [2.75, 3.05) is 12.0 Å². The molecule has 0 unspecified atom stereocenters. The van der Waals surface area contributed by atoms with Gasteiger partial charge in [-0.3, -0.25) is 4.68 Å². The highest BCUT2D eigenvalue weighted by Crippen LogP contribution is 2.12. The fourth-order valence-corrected chi connectivity index (χ4v) is 1.55. The Hall–Kier alpha value is -0.150. The fourth-order valence-electron chi connectivity index (χ4n) is 0.979. The molecule has 0 aliphatic heterocycles. The third-order valence-corrected chi connectivity index (χ3v) is 2.69. The van der Waals surface area contributed by atoms with Crippen LogP contribution in [0, 0.1) is 6.92 Å². The second kappa shape index (κ2) is 4.77. The summed E-state index contributed by atoms with van der Waals surface area (Å²) in [5.41, 5.74) is 0.917. The number of thioether (sulfide) groups is 1. The van der Waals surface area contributed by atoms with Gasteiger partial charge in [-0.2, -0.15) is 16.9 Å².